The molecular weight excluding hydrogens is 392 g/mol. The molecule has 1 aliphatic heterocycles. The molecule has 1 fully saturated rings. The third kappa shape index (κ3) is 4.45. The van der Waals surface area contributed by atoms with Crippen molar-refractivity contribution in [3.63, 3.8) is 0 Å². The smallest absolute Gasteiger partial charge is 0.325 e. The lowest BCUT2D eigenvalue weighted by molar-refractivity contribution is -0.130. The van der Waals surface area contributed by atoms with Crippen molar-refractivity contribution < 1.29 is 28.7 Å². The van der Waals surface area contributed by atoms with E-state index in [0.717, 1.165) is 4.90 Å². The van der Waals surface area contributed by atoms with E-state index in [9.17, 15) is 19.2 Å². The van der Waals surface area contributed by atoms with Crippen molar-refractivity contribution in [3.8, 4) is 11.5 Å². The standard InChI is InChI=1S/C17H21ClN4O6/c1-17(2)15(25)22(16(26)19-17)6-5-12(23)20-21-14(24)9-7-10(18)13(28-4)11(8-9)27-3/h7-8H,5-6H2,1-4H3,(H,19,26)(H,20,23)(H,21,24). The molecule has 2 rings (SSSR count). The van der Waals surface area contributed by atoms with Gasteiger partial charge in [-0.1, -0.05) is 11.6 Å². The number of benzene rings is 1. The average molecular weight is 413 g/mol. The minimum atomic E-state index is -1.01. The molecule has 1 aromatic carbocycles. The van der Waals surface area contributed by atoms with Gasteiger partial charge < -0.3 is 14.8 Å². The Hall–Kier alpha value is -3.01. The summed E-state index contributed by atoms with van der Waals surface area (Å²) in [5.41, 5.74) is 3.58. The van der Waals surface area contributed by atoms with Gasteiger partial charge in [-0.05, 0) is 26.0 Å². The van der Waals surface area contributed by atoms with Crippen LogP contribution in [0, 0.1) is 0 Å². The van der Waals surface area contributed by atoms with Crippen molar-refractivity contribution >= 4 is 35.4 Å². The molecule has 11 heteroatoms. The molecular formula is C17H21ClN4O6. The number of amides is 5. The van der Waals surface area contributed by atoms with Gasteiger partial charge in [0.25, 0.3) is 11.8 Å². The maximum absolute atomic E-state index is 12.2. The first-order chi connectivity index (χ1) is 13.1. The normalized spacial score (nSPS) is 15.1. The number of hydrogen-bond acceptors (Lipinski definition) is 6. The van der Waals surface area contributed by atoms with E-state index in [1.807, 2.05) is 0 Å². The van der Waals surface area contributed by atoms with Crippen molar-refractivity contribution in [2.45, 2.75) is 25.8 Å². The number of rotatable bonds is 6. The predicted molar refractivity (Wildman–Crippen MR) is 99.1 cm³/mol. The quantitative estimate of drug-likeness (QED) is 0.469. The first-order valence-corrected chi connectivity index (χ1v) is 8.63. The number of nitrogens with one attached hydrogen (secondary N) is 3. The molecule has 28 heavy (non-hydrogen) atoms. The number of nitrogens with zero attached hydrogens (tertiary/aromatic N) is 1. The number of imide groups is 1. The van der Waals surface area contributed by atoms with Gasteiger partial charge in [0.1, 0.15) is 5.54 Å². The molecule has 0 aliphatic carbocycles. The highest BCUT2D eigenvalue weighted by molar-refractivity contribution is 6.32. The van der Waals surface area contributed by atoms with Gasteiger partial charge in [-0.2, -0.15) is 0 Å². The summed E-state index contributed by atoms with van der Waals surface area (Å²) in [5.74, 6) is -1.10. The minimum Gasteiger partial charge on any atom is -0.493 e. The Labute approximate surface area is 166 Å². The molecule has 1 aromatic rings. The molecule has 0 radical (unpaired) electrons. The lowest BCUT2D eigenvalue weighted by Gasteiger charge is -2.16. The molecule has 152 valence electrons. The number of hydrazine groups is 1. The van der Waals surface area contributed by atoms with Crippen LogP contribution < -0.4 is 25.6 Å². The fourth-order valence-electron chi connectivity index (χ4n) is 2.54. The lowest BCUT2D eigenvalue weighted by Crippen LogP contribution is -2.44. The fourth-order valence-corrected chi connectivity index (χ4v) is 2.83. The van der Waals surface area contributed by atoms with E-state index in [2.05, 4.69) is 16.2 Å². The summed E-state index contributed by atoms with van der Waals surface area (Å²) >= 11 is 6.05. The van der Waals surface area contributed by atoms with Gasteiger partial charge in [-0.3, -0.25) is 30.1 Å². The van der Waals surface area contributed by atoms with Crippen molar-refractivity contribution in [3.05, 3.63) is 22.7 Å². The summed E-state index contributed by atoms with van der Waals surface area (Å²) in [6.07, 6.45) is -0.178. The molecule has 0 bridgehead atoms. The second kappa shape index (κ2) is 8.34. The Morgan fingerprint density at radius 3 is 2.39 bits per heavy atom. The van der Waals surface area contributed by atoms with Gasteiger partial charge in [-0.25, -0.2) is 4.79 Å². The van der Waals surface area contributed by atoms with E-state index < -0.39 is 29.3 Å². The van der Waals surface area contributed by atoms with Crippen LogP contribution in [0.3, 0.4) is 0 Å². The number of hydrogen-bond donors (Lipinski definition) is 3. The predicted octanol–water partition coefficient (Wildman–Crippen LogP) is 0.839. The Morgan fingerprint density at radius 1 is 1.18 bits per heavy atom. The van der Waals surface area contributed by atoms with Crippen LogP contribution in [0.1, 0.15) is 30.6 Å². The third-order valence-electron chi connectivity index (χ3n) is 4.02. The topological polar surface area (TPSA) is 126 Å². The molecule has 0 unspecified atom stereocenters. The summed E-state index contributed by atoms with van der Waals surface area (Å²) in [6.45, 7) is 3.03. The number of halogens is 1. The van der Waals surface area contributed by atoms with Gasteiger partial charge in [-0.15, -0.1) is 0 Å². The van der Waals surface area contributed by atoms with E-state index >= 15 is 0 Å². The number of methoxy groups -OCH3 is 2. The zero-order valence-electron chi connectivity index (χ0n) is 15.8. The maximum Gasteiger partial charge on any atom is 0.325 e. The zero-order valence-corrected chi connectivity index (χ0v) is 16.6. The van der Waals surface area contributed by atoms with Crippen LogP contribution in [-0.2, 0) is 9.59 Å². The van der Waals surface area contributed by atoms with E-state index in [-0.39, 0.29) is 35.1 Å². The summed E-state index contributed by atoms with van der Waals surface area (Å²) in [6, 6.07) is 2.20. The van der Waals surface area contributed by atoms with Gasteiger partial charge in [0.05, 0.1) is 19.2 Å². The largest absolute Gasteiger partial charge is 0.493 e. The van der Waals surface area contributed by atoms with Crippen LogP contribution in [-0.4, -0.2) is 55.0 Å². The average Bonchev–Trinajstić information content (AvgIpc) is 2.84. The fraction of sp³-hybridized carbons (Fsp3) is 0.412. The second-order valence-electron chi connectivity index (χ2n) is 6.46. The number of carbonyl (C=O) groups excluding carboxylic acids is 4. The van der Waals surface area contributed by atoms with Gasteiger partial charge >= 0.3 is 6.03 Å². The van der Waals surface area contributed by atoms with Crippen molar-refractivity contribution in [2.24, 2.45) is 0 Å². The van der Waals surface area contributed by atoms with Crippen LogP contribution >= 0.6 is 11.6 Å². The summed E-state index contributed by atoms with van der Waals surface area (Å²) < 4.78 is 10.2. The number of urea groups is 1. The molecule has 3 N–H and O–H groups in total. The van der Waals surface area contributed by atoms with Crippen molar-refractivity contribution in [1.82, 2.24) is 21.1 Å². The molecule has 0 spiro atoms. The Balaban J connectivity index is 1.91. The number of carbonyl (C=O) groups is 4. The van der Waals surface area contributed by atoms with E-state index in [1.165, 1.54) is 26.4 Å². The third-order valence-corrected chi connectivity index (χ3v) is 4.30. The van der Waals surface area contributed by atoms with E-state index in [0.29, 0.717) is 0 Å². The highest BCUT2D eigenvalue weighted by atomic mass is 35.5. The van der Waals surface area contributed by atoms with Crippen LogP contribution in [0.5, 0.6) is 11.5 Å². The molecule has 1 heterocycles. The molecule has 10 nitrogen and oxygen atoms in total. The monoisotopic (exact) mass is 412 g/mol. The van der Waals surface area contributed by atoms with Crippen molar-refractivity contribution in [2.75, 3.05) is 20.8 Å². The van der Waals surface area contributed by atoms with Crippen LogP contribution in [0.2, 0.25) is 5.02 Å². The highest BCUT2D eigenvalue weighted by Gasteiger charge is 2.43. The molecule has 0 atom stereocenters. The SMILES string of the molecule is COc1cc(C(=O)NNC(=O)CCN2C(=O)NC(C)(C)C2=O)cc(Cl)c1OC. The molecule has 1 aliphatic rings. The summed E-state index contributed by atoms with van der Waals surface area (Å²) in [7, 11) is 2.81. The van der Waals surface area contributed by atoms with Crippen LogP contribution in [0.25, 0.3) is 0 Å². The Kier molecular flexibility index (Phi) is 6.34. The van der Waals surface area contributed by atoms with Crippen molar-refractivity contribution in [1.29, 1.82) is 0 Å². The minimum absolute atomic E-state index is 0.113. The Morgan fingerprint density at radius 2 is 1.86 bits per heavy atom. The van der Waals surface area contributed by atoms with Gasteiger partial charge in [0, 0.05) is 18.5 Å². The van der Waals surface area contributed by atoms with Crippen LogP contribution in [0.4, 0.5) is 4.79 Å². The molecule has 0 saturated carbocycles. The summed E-state index contributed by atoms with van der Waals surface area (Å²) in [4.78, 5) is 48.9. The van der Waals surface area contributed by atoms with Crippen LogP contribution in [0.15, 0.2) is 12.1 Å². The first kappa shape index (κ1) is 21.3. The van der Waals surface area contributed by atoms with E-state index in [4.69, 9.17) is 21.1 Å². The molecule has 5 amide bonds. The van der Waals surface area contributed by atoms with Gasteiger partial charge in [0.2, 0.25) is 5.91 Å². The highest BCUT2D eigenvalue weighted by Crippen LogP contribution is 2.35. The van der Waals surface area contributed by atoms with E-state index in [1.54, 1.807) is 13.8 Å². The maximum atomic E-state index is 12.2. The van der Waals surface area contributed by atoms with Gasteiger partial charge in [0.15, 0.2) is 11.5 Å². The summed E-state index contributed by atoms with van der Waals surface area (Å²) in [5, 5.41) is 2.68. The number of ether oxygens (including phenoxy) is 2. The zero-order chi connectivity index (χ0) is 21.1. The second-order valence-corrected chi connectivity index (χ2v) is 6.87. The lowest BCUT2D eigenvalue weighted by atomic mass is 10.1. The Bertz CT molecular complexity index is 826. The first-order valence-electron chi connectivity index (χ1n) is 8.25. The molecule has 1 saturated heterocycles. The molecule has 0 aromatic heterocycles.